The van der Waals surface area contributed by atoms with E-state index in [1.165, 1.54) is 18.5 Å². The lowest BCUT2D eigenvalue weighted by Gasteiger charge is -2.11. The number of hydrogen-bond donors (Lipinski definition) is 1. The van der Waals surface area contributed by atoms with Crippen molar-refractivity contribution in [1.29, 1.82) is 0 Å². The van der Waals surface area contributed by atoms with E-state index in [-0.39, 0.29) is 10.9 Å². The Balaban J connectivity index is 2.96. The van der Waals surface area contributed by atoms with Crippen LogP contribution in [-0.2, 0) is 10.0 Å². The second-order valence-corrected chi connectivity index (χ2v) is 6.29. The highest BCUT2D eigenvalue weighted by Gasteiger charge is 2.17. The Morgan fingerprint density at radius 3 is 2.73 bits per heavy atom. The minimum atomic E-state index is -3.47. The molecule has 1 atom stereocenters. The molecule has 0 amide bonds. The average molecular weight is 358 g/mol. The molecular formula is C8H10Br2N2O2S. The van der Waals surface area contributed by atoms with E-state index in [1.807, 2.05) is 0 Å². The fourth-order valence-electron chi connectivity index (χ4n) is 0.904. The van der Waals surface area contributed by atoms with Crippen molar-refractivity contribution in [2.24, 2.45) is 0 Å². The first-order valence-corrected chi connectivity index (χ1v) is 7.54. The summed E-state index contributed by atoms with van der Waals surface area (Å²) in [5.41, 5.74) is 0. The molecule has 0 aromatic carbocycles. The van der Waals surface area contributed by atoms with E-state index >= 15 is 0 Å². The summed E-state index contributed by atoms with van der Waals surface area (Å²) in [6.07, 6.45) is 2.85. The minimum Gasteiger partial charge on any atom is -0.262 e. The summed E-state index contributed by atoms with van der Waals surface area (Å²) in [6, 6.07) is 1.35. The van der Waals surface area contributed by atoms with Crippen LogP contribution in [0.1, 0.15) is 6.92 Å². The number of pyridine rings is 1. The maximum absolute atomic E-state index is 11.8. The van der Waals surface area contributed by atoms with Crippen LogP contribution in [0.3, 0.4) is 0 Å². The lowest BCUT2D eigenvalue weighted by Crippen LogP contribution is -2.33. The number of aromatic nitrogens is 1. The SMILES string of the molecule is CC(CBr)NS(=O)(=O)c1cncc(Br)c1. The van der Waals surface area contributed by atoms with E-state index in [4.69, 9.17) is 0 Å². The van der Waals surface area contributed by atoms with Crippen molar-refractivity contribution in [3.63, 3.8) is 0 Å². The minimum absolute atomic E-state index is 0.157. The lowest BCUT2D eigenvalue weighted by atomic mass is 10.4. The predicted octanol–water partition coefficient (Wildman–Crippen LogP) is 1.91. The molecule has 0 saturated carbocycles. The van der Waals surface area contributed by atoms with Gasteiger partial charge in [0.1, 0.15) is 4.90 Å². The second kappa shape index (κ2) is 5.38. The zero-order chi connectivity index (χ0) is 11.5. The maximum Gasteiger partial charge on any atom is 0.242 e. The van der Waals surface area contributed by atoms with Gasteiger partial charge in [0.15, 0.2) is 0 Å². The first-order chi connectivity index (χ1) is 6.95. The number of rotatable bonds is 4. The fourth-order valence-corrected chi connectivity index (χ4v) is 3.03. The maximum atomic E-state index is 11.8. The lowest BCUT2D eigenvalue weighted by molar-refractivity contribution is 0.571. The van der Waals surface area contributed by atoms with Gasteiger partial charge in [0.2, 0.25) is 10.0 Å². The van der Waals surface area contributed by atoms with Gasteiger partial charge >= 0.3 is 0 Å². The number of hydrogen-bond acceptors (Lipinski definition) is 3. The molecule has 0 aliphatic carbocycles. The molecule has 0 radical (unpaired) electrons. The van der Waals surface area contributed by atoms with Crippen molar-refractivity contribution in [3.05, 3.63) is 22.9 Å². The molecule has 15 heavy (non-hydrogen) atoms. The van der Waals surface area contributed by atoms with Gasteiger partial charge in [-0.3, -0.25) is 4.98 Å². The van der Waals surface area contributed by atoms with Crippen LogP contribution < -0.4 is 4.72 Å². The number of nitrogens with one attached hydrogen (secondary N) is 1. The van der Waals surface area contributed by atoms with Gasteiger partial charge in [-0.2, -0.15) is 0 Å². The molecule has 1 aromatic heterocycles. The quantitative estimate of drug-likeness (QED) is 0.837. The van der Waals surface area contributed by atoms with Crippen LogP contribution in [-0.4, -0.2) is 24.8 Å². The van der Waals surface area contributed by atoms with Gasteiger partial charge < -0.3 is 0 Å². The zero-order valence-electron chi connectivity index (χ0n) is 7.94. The van der Waals surface area contributed by atoms with Gasteiger partial charge in [0, 0.05) is 28.2 Å². The van der Waals surface area contributed by atoms with Crippen LogP contribution >= 0.6 is 31.9 Å². The van der Waals surface area contributed by atoms with Crippen molar-refractivity contribution < 1.29 is 8.42 Å². The molecule has 1 N–H and O–H groups in total. The number of nitrogens with zero attached hydrogens (tertiary/aromatic N) is 1. The third kappa shape index (κ3) is 3.82. The van der Waals surface area contributed by atoms with Crippen LogP contribution in [0.15, 0.2) is 27.8 Å². The Morgan fingerprint density at radius 1 is 1.53 bits per heavy atom. The highest BCUT2D eigenvalue weighted by molar-refractivity contribution is 9.10. The van der Waals surface area contributed by atoms with E-state index < -0.39 is 10.0 Å². The first-order valence-electron chi connectivity index (χ1n) is 4.14. The summed E-state index contributed by atoms with van der Waals surface area (Å²) in [7, 11) is -3.47. The summed E-state index contributed by atoms with van der Waals surface area (Å²) in [6.45, 7) is 1.78. The summed E-state index contributed by atoms with van der Waals surface area (Å²) in [5.74, 6) is 0. The van der Waals surface area contributed by atoms with Crippen LogP contribution in [0.2, 0.25) is 0 Å². The molecule has 1 rings (SSSR count). The molecule has 0 saturated heterocycles. The fraction of sp³-hybridized carbons (Fsp3) is 0.375. The van der Waals surface area contributed by atoms with E-state index in [1.54, 1.807) is 6.92 Å². The summed E-state index contributed by atoms with van der Waals surface area (Å²) in [4.78, 5) is 3.96. The van der Waals surface area contributed by atoms with Crippen LogP contribution in [0.5, 0.6) is 0 Å². The topological polar surface area (TPSA) is 59.1 Å². The Morgan fingerprint density at radius 2 is 2.20 bits per heavy atom. The Kier molecular flexibility index (Phi) is 4.69. The highest BCUT2D eigenvalue weighted by atomic mass is 79.9. The molecule has 0 bridgehead atoms. The van der Waals surface area contributed by atoms with E-state index in [0.717, 1.165) is 0 Å². The molecule has 1 heterocycles. The van der Waals surface area contributed by atoms with E-state index in [2.05, 4.69) is 41.6 Å². The Labute approximate surface area is 106 Å². The van der Waals surface area contributed by atoms with Gasteiger partial charge in [0.05, 0.1) is 0 Å². The standard InChI is InChI=1S/C8H10Br2N2O2S/c1-6(3-9)12-15(13,14)8-2-7(10)4-11-5-8/h2,4-6,12H,3H2,1H3. The molecular weight excluding hydrogens is 348 g/mol. The Hall–Kier alpha value is 0.0200. The molecule has 84 valence electrons. The summed E-state index contributed by atoms with van der Waals surface area (Å²) >= 11 is 6.38. The number of sulfonamides is 1. The number of halogens is 2. The molecule has 1 aromatic rings. The zero-order valence-corrected chi connectivity index (χ0v) is 11.9. The van der Waals surface area contributed by atoms with E-state index in [9.17, 15) is 8.42 Å². The molecule has 0 aliphatic rings. The highest BCUT2D eigenvalue weighted by Crippen LogP contribution is 2.14. The van der Waals surface area contributed by atoms with Crippen molar-refractivity contribution in [2.45, 2.75) is 17.9 Å². The van der Waals surface area contributed by atoms with Gasteiger partial charge in [-0.25, -0.2) is 13.1 Å². The monoisotopic (exact) mass is 356 g/mol. The normalized spacial score (nSPS) is 13.8. The predicted molar refractivity (Wildman–Crippen MR) is 65.5 cm³/mol. The summed E-state index contributed by atoms with van der Waals surface area (Å²) < 4.78 is 26.7. The first kappa shape index (κ1) is 13.1. The van der Waals surface area contributed by atoms with Gasteiger partial charge in [-0.1, -0.05) is 15.9 Å². The van der Waals surface area contributed by atoms with Crippen LogP contribution in [0, 0.1) is 0 Å². The van der Waals surface area contributed by atoms with Gasteiger partial charge in [-0.05, 0) is 28.9 Å². The van der Waals surface area contributed by atoms with Gasteiger partial charge in [-0.15, -0.1) is 0 Å². The molecule has 1 unspecified atom stereocenters. The molecule has 7 heteroatoms. The molecule has 4 nitrogen and oxygen atoms in total. The third-order valence-corrected chi connectivity index (χ3v) is 4.54. The number of alkyl halides is 1. The molecule has 0 fully saturated rings. The smallest absolute Gasteiger partial charge is 0.242 e. The van der Waals surface area contributed by atoms with Crippen LogP contribution in [0.4, 0.5) is 0 Å². The molecule has 0 aliphatic heterocycles. The Bertz CT molecular complexity index is 436. The average Bonchev–Trinajstić information content (AvgIpc) is 2.17. The molecule has 0 spiro atoms. The van der Waals surface area contributed by atoms with Crippen molar-refractivity contribution in [1.82, 2.24) is 9.71 Å². The van der Waals surface area contributed by atoms with Crippen molar-refractivity contribution in [3.8, 4) is 0 Å². The van der Waals surface area contributed by atoms with Gasteiger partial charge in [0.25, 0.3) is 0 Å². The third-order valence-electron chi connectivity index (χ3n) is 1.58. The van der Waals surface area contributed by atoms with E-state index in [0.29, 0.717) is 9.80 Å². The summed E-state index contributed by atoms with van der Waals surface area (Å²) in [5, 5.41) is 0.563. The van der Waals surface area contributed by atoms with Crippen LogP contribution in [0.25, 0.3) is 0 Å². The van der Waals surface area contributed by atoms with Crippen molar-refractivity contribution >= 4 is 41.9 Å². The van der Waals surface area contributed by atoms with Crippen molar-refractivity contribution in [2.75, 3.05) is 5.33 Å². The second-order valence-electron chi connectivity index (χ2n) is 3.02. The largest absolute Gasteiger partial charge is 0.262 e.